The zero-order valence-electron chi connectivity index (χ0n) is 16.7. The van der Waals surface area contributed by atoms with Crippen molar-refractivity contribution >= 4 is 50.5 Å². The van der Waals surface area contributed by atoms with Gasteiger partial charge in [-0.25, -0.2) is 4.98 Å². The van der Waals surface area contributed by atoms with Crippen molar-refractivity contribution in [1.82, 2.24) is 10.3 Å². The highest BCUT2D eigenvalue weighted by Crippen LogP contribution is 2.25. The molecular formula is C21H19BrClFN4O3. The van der Waals surface area contributed by atoms with Crippen LogP contribution in [0.4, 0.5) is 21.5 Å². The number of aromatic nitrogens is 1. The van der Waals surface area contributed by atoms with Gasteiger partial charge in [0.05, 0.1) is 16.4 Å². The number of amides is 1. The lowest BCUT2D eigenvalue weighted by atomic mass is 9.93. The van der Waals surface area contributed by atoms with Gasteiger partial charge in [0.15, 0.2) is 0 Å². The number of anilines is 3. The van der Waals surface area contributed by atoms with Crippen molar-refractivity contribution in [2.24, 2.45) is 5.41 Å². The van der Waals surface area contributed by atoms with Crippen molar-refractivity contribution in [2.75, 3.05) is 23.7 Å². The maximum Gasteiger partial charge on any atom is 0.253 e. The SMILES string of the molecule is CC(C)(CNC(=O)c1ccc(Cl)cc1)CNc1c(Nc2cnc(F)c(Br)c2)c(=O)c1=O. The number of carbonyl (C=O) groups excluding carboxylic acids is 1. The normalized spacial score (nSPS) is 11.4. The van der Waals surface area contributed by atoms with Crippen LogP contribution in [-0.4, -0.2) is 24.0 Å². The topological polar surface area (TPSA) is 100 Å². The molecule has 0 unspecified atom stereocenters. The molecule has 0 aliphatic carbocycles. The van der Waals surface area contributed by atoms with Crippen molar-refractivity contribution < 1.29 is 9.18 Å². The van der Waals surface area contributed by atoms with Crippen molar-refractivity contribution in [2.45, 2.75) is 13.8 Å². The van der Waals surface area contributed by atoms with Gasteiger partial charge >= 0.3 is 0 Å². The van der Waals surface area contributed by atoms with Gasteiger partial charge in [-0.15, -0.1) is 0 Å². The van der Waals surface area contributed by atoms with E-state index in [0.717, 1.165) is 0 Å². The van der Waals surface area contributed by atoms with E-state index in [-0.39, 0.29) is 21.8 Å². The number of hydrogen-bond acceptors (Lipinski definition) is 6. The van der Waals surface area contributed by atoms with Gasteiger partial charge in [0.25, 0.3) is 16.8 Å². The first kappa shape index (κ1) is 22.9. The van der Waals surface area contributed by atoms with Crippen molar-refractivity contribution in [3.05, 3.63) is 78.0 Å². The van der Waals surface area contributed by atoms with Crippen LogP contribution in [0.1, 0.15) is 24.2 Å². The molecule has 0 saturated heterocycles. The Kier molecular flexibility index (Phi) is 6.76. The van der Waals surface area contributed by atoms with E-state index in [4.69, 9.17) is 11.6 Å². The molecule has 0 spiro atoms. The van der Waals surface area contributed by atoms with Crippen LogP contribution in [-0.2, 0) is 0 Å². The number of nitrogens with one attached hydrogen (secondary N) is 3. The quantitative estimate of drug-likeness (QED) is 0.315. The van der Waals surface area contributed by atoms with Gasteiger partial charge in [0.1, 0.15) is 11.4 Å². The summed E-state index contributed by atoms with van der Waals surface area (Å²) in [5.41, 5.74) is -0.665. The Hall–Kier alpha value is -2.78. The van der Waals surface area contributed by atoms with E-state index in [9.17, 15) is 18.8 Å². The minimum atomic E-state index is -0.684. The molecule has 0 saturated carbocycles. The molecule has 1 aromatic heterocycles. The highest BCUT2D eigenvalue weighted by atomic mass is 79.9. The molecule has 0 bridgehead atoms. The maximum absolute atomic E-state index is 13.3. The minimum absolute atomic E-state index is 0.0892. The van der Waals surface area contributed by atoms with Crippen LogP contribution < -0.4 is 26.8 Å². The van der Waals surface area contributed by atoms with Gasteiger partial charge in [0, 0.05) is 23.7 Å². The number of carbonyl (C=O) groups is 1. The van der Waals surface area contributed by atoms with Crippen molar-refractivity contribution in [3.63, 3.8) is 0 Å². The average molecular weight is 510 g/mol. The summed E-state index contributed by atoms with van der Waals surface area (Å²) in [5, 5.41) is 9.17. The lowest BCUT2D eigenvalue weighted by molar-refractivity contribution is 0.0938. The lowest BCUT2D eigenvalue weighted by Crippen LogP contribution is -2.42. The summed E-state index contributed by atoms with van der Waals surface area (Å²) in [5.74, 6) is -0.924. The molecule has 1 heterocycles. The van der Waals surface area contributed by atoms with Gasteiger partial charge in [-0.2, -0.15) is 4.39 Å². The number of halogens is 3. The van der Waals surface area contributed by atoms with Gasteiger partial charge in [0.2, 0.25) is 5.95 Å². The third kappa shape index (κ3) is 5.48. The minimum Gasteiger partial charge on any atom is -0.379 e. The summed E-state index contributed by atoms with van der Waals surface area (Å²) in [6.07, 6.45) is 1.22. The van der Waals surface area contributed by atoms with Crippen LogP contribution in [0.3, 0.4) is 0 Å². The molecule has 3 rings (SSSR count). The largest absolute Gasteiger partial charge is 0.379 e. The first-order chi connectivity index (χ1) is 14.6. The van der Waals surface area contributed by atoms with Crippen LogP contribution >= 0.6 is 27.5 Å². The fourth-order valence-electron chi connectivity index (χ4n) is 2.73. The van der Waals surface area contributed by atoms with Crippen LogP contribution in [0, 0.1) is 11.4 Å². The van der Waals surface area contributed by atoms with Crippen molar-refractivity contribution in [3.8, 4) is 0 Å². The Morgan fingerprint density at radius 1 is 1.13 bits per heavy atom. The second-order valence-electron chi connectivity index (χ2n) is 7.74. The van der Waals surface area contributed by atoms with Crippen LogP contribution in [0.25, 0.3) is 0 Å². The van der Waals surface area contributed by atoms with Crippen LogP contribution in [0.15, 0.2) is 50.6 Å². The zero-order valence-corrected chi connectivity index (χ0v) is 19.0. The standard InChI is InChI=1S/C21H19BrClFN4O3/c1-21(2,10-27-20(31)11-3-5-12(23)6-4-11)9-26-15-16(18(30)17(15)29)28-13-7-14(22)19(24)25-8-13/h3-8,26,28H,9-10H2,1-2H3,(H,27,31). The summed E-state index contributed by atoms with van der Waals surface area (Å²) in [7, 11) is 0. The second kappa shape index (κ2) is 9.15. The molecule has 162 valence electrons. The summed E-state index contributed by atoms with van der Waals surface area (Å²) in [4.78, 5) is 39.8. The van der Waals surface area contributed by atoms with E-state index in [1.807, 2.05) is 13.8 Å². The zero-order chi connectivity index (χ0) is 22.8. The molecule has 7 nitrogen and oxygen atoms in total. The Morgan fingerprint density at radius 3 is 2.42 bits per heavy atom. The highest BCUT2D eigenvalue weighted by Gasteiger charge is 2.25. The Labute approximate surface area is 190 Å². The molecule has 0 radical (unpaired) electrons. The molecule has 0 fully saturated rings. The number of benzene rings is 1. The smallest absolute Gasteiger partial charge is 0.253 e. The summed E-state index contributed by atoms with van der Waals surface area (Å²) in [6.45, 7) is 4.46. The fraction of sp³-hybridized carbons (Fsp3) is 0.238. The predicted molar refractivity (Wildman–Crippen MR) is 123 cm³/mol. The monoisotopic (exact) mass is 508 g/mol. The number of hydrogen-bond donors (Lipinski definition) is 3. The van der Waals surface area contributed by atoms with E-state index in [0.29, 0.717) is 29.4 Å². The van der Waals surface area contributed by atoms with Gasteiger partial charge in [-0.3, -0.25) is 14.4 Å². The molecule has 0 aliphatic heterocycles. The molecule has 2 aromatic carbocycles. The molecule has 3 aromatic rings. The van der Waals surface area contributed by atoms with Crippen LogP contribution in [0.5, 0.6) is 0 Å². The van der Waals surface area contributed by atoms with E-state index in [2.05, 4.69) is 36.9 Å². The molecule has 1 amide bonds. The number of nitrogens with zero attached hydrogens (tertiary/aromatic N) is 1. The van der Waals surface area contributed by atoms with E-state index >= 15 is 0 Å². The third-order valence-corrected chi connectivity index (χ3v) is 5.36. The van der Waals surface area contributed by atoms with E-state index in [1.54, 1.807) is 24.3 Å². The van der Waals surface area contributed by atoms with Gasteiger partial charge in [-0.05, 0) is 51.7 Å². The number of rotatable bonds is 8. The maximum atomic E-state index is 13.3. The summed E-state index contributed by atoms with van der Waals surface area (Å²) < 4.78 is 13.4. The summed E-state index contributed by atoms with van der Waals surface area (Å²) in [6, 6.07) is 7.95. The molecule has 0 aliphatic rings. The first-order valence-electron chi connectivity index (χ1n) is 9.26. The Bertz CT molecular complexity index is 1190. The van der Waals surface area contributed by atoms with E-state index in [1.165, 1.54) is 12.3 Å². The Balaban J connectivity index is 1.61. The fourth-order valence-corrected chi connectivity index (χ4v) is 3.20. The molecule has 0 atom stereocenters. The Morgan fingerprint density at radius 2 is 1.77 bits per heavy atom. The van der Waals surface area contributed by atoms with Crippen molar-refractivity contribution in [1.29, 1.82) is 0 Å². The van der Waals surface area contributed by atoms with Gasteiger partial charge in [-0.1, -0.05) is 25.4 Å². The second-order valence-corrected chi connectivity index (χ2v) is 9.03. The van der Waals surface area contributed by atoms with Gasteiger partial charge < -0.3 is 16.0 Å². The third-order valence-electron chi connectivity index (χ3n) is 4.55. The molecular weight excluding hydrogens is 491 g/mol. The van der Waals surface area contributed by atoms with E-state index < -0.39 is 22.2 Å². The molecule has 3 N–H and O–H groups in total. The number of pyridine rings is 1. The first-order valence-corrected chi connectivity index (χ1v) is 10.4. The van der Waals surface area contributed by atoms with Crippen LogP contribution in [0.2, 0.25) is 5.02 Å². The predicted octanol–water partition coefficient (Wildman–Crippen LogP) is 3.84. The average Bonchev–Trinajstić information content (AvgIpc) is 2.74. The highest BCUT2D eigenvalue weighted by molar-refractivity contribution is 9.10. The molecule has 10 heteroatoms. The lowest BCUT2D eigenvalue weighted by Gasteiger charge is -2.27. The summed E-state index contributed by atoms with van der Waals surface area (Å²) >= 11 is 8.85. The molecule has 31 heavy (non-hydrogen) atoms.